The fraction of sp³-hybridized carbons (Fsp3) is 0.611. The summed E-state index contributed by atoms with van der Waals surface area (Å²) >= 11 is 0. The Kier molecular flexibility index (Phi) is 6.09. The number of carbonyl (C=O) groups excluding carboxylic acids is 1. The quantitative estimate of drug-likeness (QED) is 0.860. The summed E-state index contributed by atoms with van der Waals surface area (Å²) in [6, 6.07) is 6.10. The van der Waals surface area contributed by atoms with Crippen LogP contribution in [0.2, 0.25) is 0 Å². The highest BCUT2D eigenvalue weighted by molar-refractivity contribution is 5.76. The highest BCUT2D eigenvalue weighted by Gasteiger charge is 2.16. The molecule has 3 heteroatoms. The summed E-state index contributed by atoms with van der Waals surface area (Å²) in [4.78, 5) is 12.0. The lowest BCUT2D eigenvalue weighted by molar-refractivity contribution is -0.122. The van der Waals surface area contributed by atoms with Gasteiger partial charge in [-0.1, -0.05) is 31.4 Å². The van der Waals surface area contributed by atoms with Crippen molar-refractivity contribution in [3.8, 4) is 5.75 Å². The number of carbonyl (C=O) groups is 1. The van der Waals surface area contributed by atoms with Gasteiger partial charge in [0.15, 0.2) is 0 Å². The van der Waals surface area contributed by atoms with Crippen LogP contribution in [0.25, 0.3) is 0 Å². The maximum atomic E-state index is 12.0. The van der Waals surface area contributed by atoms with Gasteiger partial charge in [0.05, 0.1) is 6.61 Å². The minimum absolute atomic E-state index is 0.188. The number of amides is 1. The standard InChI is InChI=1S/C18H27NO2/c1-3-21-17-10-9-16(11-14(17)2)13-19-18(20)12-15-7-5-4-6-8-15/h9-11,15H,3-8,12-13H2,1-2H3,(H,19,20). The molecule has 0 heterocycles. The van der Waals surface area contributed by atoms with Gasteiger partial charge in [0.25, 0.3) is 0 Å². The van der Waals surface area contributed by atoms with Crippen molar-refractivity contribution in [3.63, 3.8) is 0 Å². The van der Waals surface area contributed by atoms with Crippen molar-refractivity contribution in [2.24, 2.45) is 5.92 Å². The van der Waals surface area contributed by atoms with Crippen LogP contribution in [0.4, 0.5) is 0 Å². The molecule has 0 saturated heterocycles. The molecule has 2 rings (SSSR count). The first kappa shape index (κ1) is 15.9. The van der Waals surface area contributed by atoms with Crippen LogP contribution in [0.3, 0.4) is 0 Å². The van der Waals surface area contributed by atoms with Gasteiger partial charge in [0.1, 0.15) is 5.75 Å². The molecule has 0 spiro atoms. The Balaban J connectivity index is 1.79. The fourth-order valence-electron chi connectivity index (χ4n) is 3.07. The molecule has 0 atom stereocenters. The van der Waals surface area contributed by atoms with Gasteiger partial charge in [-0.15, -0.1) is 0 Å². The minimum atomic E-state index is 0.188. The number of ether oxygens (including phenoxy) is 1. The molecule has 1 N–H and O–H groups in total. The van der Waals surface area contributed by atoms with E-state index in [1.54, 1.807) is 0 Å². The predicted molar refractivity (Wildman–Crippen MR) is 85.4 cm³/mol. The van der Waals surface area contributed by atoms with Crippen LogP contribution in [0.5, 0.6) is 5.75 Å². The number of nitrogens with one attached hydrogen (secondary N) is 1. The molecule has 1 amide bonds. The van der Waals surface area contributed by atoms with E-state index in [1.165, 1.54) is 32.1 Å². The largest absolute Gasteiger partial charge is 0.494 e. The molecule has 0 radical (unpaired) electrons. The lowest BCUT2D eigenvalue weighted by Crippen LogP contribution is -2.25. The van der Waals surface area contributed by atoms with Crippen LogP contribution in [0.1, 0.15) is 56.6 Å². The highest BCUT2D eigenvalue weighted by atomic mass is 16.5. The molecule has 1 aromatic carbocycles. The summed E-state index contributed by atoms with van der Waals surface area (Å²) in [7, 11) is 0. The number of hydrogen-bond donors (Lipinski definition) is 1. The lowest BCUT2D eigenvalue weighted by Gasteiger charge is -2.20. The summed E-state index contributed by atoms with van der Waals surface area (Å²) in [6.45, 7) is 5.31. The van der Waals surface area contributed by atoms with Crippen molar-refractivity contribution in [1.29, 1.82) is 0 Å². The van der Waals surface area contributed by atoms with E-state index >= 15 is 0 Å². The highest BCUT2D eigenvalue weighted by Crippen LogP contribution is 2.26. The van der Waals surface area contributed by atoms with E-state index in [-0.39, 0.29) is 5.91 Å². The van der Waals surface area contributed by atoms with Crippen LogP contribution in [-0.4, -0.2) is 12.5 Å². The number of rotatable bonds is 6. The Morgan fingerprint density at radius 1 is 1.29 bits per heavy atom. The van der Waals surface area contributed by atoms with E-state index < -0.39 is 0 Å². The second-order valence-electron chi connectivity index (χ2n) is 6.02. The van der Waals surface area contributed by atoms with Gasteiger partial charge in [-0.25, -0.2) is 0 Å². The van der Waals surface area contributed by atoms with Crippen LogP contribution < -0.4 is 10.1 Å². The van der Waals surface area contributed by atoms with Crippen molar-refractivity contribution in [2.45, 2.75) is 58.9 Å². The van der Waals surface area contributed by atoms with Crippen molar-refractivity contribution >= 4 is 5.91 Å². The number of hydrogen-bond acceptors (Lipinski definition) is 2. The predicted octanol–water partition coefficient (Wildman–Crippen LogP) is 3.98. The Morgan fingerprint density at radius 3 is 2.71 bits per heavy atom. The molecule has 1 aliphatic carbocycles. The van der Waals surface area contributed by atoms with Crippen molar-refractivity contribution in [1.82, 2.24) is 5.32 Å². The summed E-state index contributed by atoms with van der Waals surface area (Å²) in [5.41, 5.74) is 2.25. The van der Waals surface area contributed by atoms with Crippen LogP contribution in [-0.2, 0) is 11.3 Å². The van der Waals surface area contributed by atoms with Crippen LogP contribution in [0, 0.1) is 12.8 Å². The molecule has 21 heavy (non-hydrogen) atoms. The van der Waals surface area contributed by atoms with Gasteiger partial charge in [-0.3, -0.25) is 4.79 Å². The molecule has 0 unspecified atom stereocenters. The molecule has 0 aliphatic heterocycles. The first-order valence-corrected chi connectivity index (χ1v) is 8.18. The normalized spacial score (nSPS) is 15.7. The fourth-order valence-corrected chi connectivity index (χ4v) is 3.07. The average molecular weight is 289 g/mol. The van der Waals surface area contributed by atoms with E-state index in [9.17, 15) is 4.79 Å². The molecular weight excluding hydrogens is 262 g/mol. The van der Waals surface area contributed by atoms with E-state index in [1.807, 2.05) is 26.0 Å². The second kappa shape index (κ2) is 8.06. The first-order chi connectivity index (χ1) is 10.2. The van der Waals surface area contributed by atoms with Crippen LogP contribution >= 0.6 is 0 Å². The van der Waals surface area contributed by atoms with E-state index in [4.69, 9.17) is 4.74 Å². The van der Waals surface area contributed by atoms with E-state index in [0.717, 1.165) is 16.9 Å². The molecule has 1 aliphatic rings. The minimum Gasteiger partial charge on any atom is -0.494 e. The SMILES string of the molecule is CCOc1ccc(CNC(=O)CC2CCCCC2)cc1C. The number of aryl methyl sites for hydroxylation is 1. The van der Waals surface area contributed by atoms with Crippen LogP contribution in [0.15, 0.2) is 18.2 Å². The maximum Gasteiger partial charge on any atom is 0.220 e. The van der Waals surface area contributed by atoms with Gasteiger partial charge in [-0.2, -0.15) is 0 Å². The van der Waals surface area contributed by atoms with Gasteiger partial charge < -0.3 is 10.1 Å². The van der Waals surface area contributed by atoms with Crippen molar-refractivity contribution < 1.29 is 9.53 Å². The Labute approximate surface area is 128 Å². The number of benzene rings is 1. The summed E-state index contributed by atoms with van der Waals surface area (Å²) in [5.74, 6) is 1.71. The van der Waals surface area contributed by atoms with E-state index in [2.05, 4.69) is 11.4 Å². The van der Waals surface area contributed by atoms with Crippen molar-refractivity contribution in [3.05, 3.63) is 29.3 Å². The second-order valence-corrected chi connectivity index (χ2v) is 6.02. The van der Waals surface area contributed by atoms with Gasteiger partial charge in [-0.05, 0) is 49.8 Å². The topological polar surface area (TPSA) is 38.3 Å². The van der Waals surface area contributed by atoms with E-state index in [0.29, 0.717) is 25.5 Å². The smallest absolute Gasteiger partial charge is 0.220 e. The Bertz CT molecular complexity index is 464. The van der Waals surface area contributed by atoms with Crippen molar-refractivity contribution in [2.75, 3.05) is 6.61 Å². The summed E-state index contributed by atoms with van der Waals surface area (Å²) in [6.07, 6.45) is 7.04. The molecule has 116 valence electrons. The summed E-state index contributed by atoms with van der Waals surface area (Å²) in [5, 5.41) is 3.05. The Morgan fingerprint density at radius 2 is 2.05 bits per heavy atom. The lowest BCUT2D eigenvalue weighted by atomic mass is 9.87. The third-order valence-electron chi connectivity index (χ3n) is 4.23. The first-order valence-electron chi connectivity index (χ1n) is 8.18. The zero-order valence-corrected chi connectivity index (χ0v) is 13.3. The maximum absolute atomic E-state index is 12.0. The average Bonchev–Trinajstić information content (AvgIpc) is 2.49. The zero-order valence-electron chi connectivity index (χ0n) is 13.3. The molecular formula is C18H27NO2. The summed E-state index contributed by atoms with van der Waals surface area (Å²) < 4.78 is 5.53. The molecule has 1 fully saturated rings. The Hall–Kier alpha value is -1.51. The molecule has 3 nitrogen and oxygen atoms in total. The van der Waals surface area contributed by atoms with Gasteiger partial charge in [0, 0.05) is 13.0 Å². The monoisotopic (exact) mass is 289 g/mol. The molecule has 0 bridgehead atoms. The molecule has 1 saturated carbocycles. The van der Waals surface area contributed by atoms with Gasteiger partial charge in [0.2, 0.25) is 5.91 Å². The molecule has 1 aromatic rings. The molecule has 0 aromatic heterocycles. The zero-order chi connectivity index (χ0) is 15.1. The van der Waals surface area contributed by atoms with Gasteiger partial charge >= 0.3 is 0 Å². The third kappa shape index (κ3) is 5.07. The third-order valence-corrected chi connectivity index (χ3v) is 4.23.